The van der Waals surface area contributed by atoms with E-state index in [4.69, 9.17) is 0 Å². The summed E-state index contributed by atoms with van der Waals surface area (Å²) in [6.45, 7) is 0. The summed E-state index contributed by atoms with van der Waals surface area (Å²) in [7, 11) is 0. The molecule has 3 aromatic rings. The Morgan fingerprint density at radius 1 is 0.613 bits per heavy atom. The van der Waals surface area contributed by atoms with Crippen LogP contribution in [0.25, 0.3) is 9.81 Å². The van der Waals surface area contributed by atoms with Gasteiger partial charge in [-0.1, -0.05) is 122 Å². The Kier molecular flexibility index (Phi) is 6.11. The summed E-state index contributed by atoms with van der Waals surface area (Å²) in [4.78, 5) is 2.63. The predicted molar refractivity (Wildman–Crippen MR) is 135 cm³/mol. The molecule has 1 N–H and O–H groups in total. The van der Waals surface area contributed by atoms with E-state index in [1.807, 2.05) is 11.8 Å². The van der Waals surface area contributed by atoms with Gasteiger partial charge in [0.15, 0.2) is 0 Å². The molecule has 3 aromatic carbocycles. The van der Waals surface area contributed by atoms with Crippen molar-refractivity contribution < 1.29 is 0 Å². The lowest BCUT2D eigenvalue weighted by molar-refractivity contribution is 0.324. The van der Waals surface area contributed by atoms with Crippen LogP contribution in [-0.2, 0) is 5.54 Å². The van der Waals surface area contributed by atoms with Crippen LogP contribution in [0.2, 0.25) is 0 Å². The predicted octanol–water partition coefficient (Wildman–Crippen LogP) is 7.63. The van der Waals surface area contributed by atoms with Crippen LogP contribution in [0.4, 0.5) is 0 Å². The largest absolute Gasteiger partial charge is 0.298 e. The highest BCUT2D eigenvalue weighted by atomic mass is 32.2. The SMILES string of the molecule is C1=C(c2ccccc2)SC(c2ccccc2)=CC1(NC1CCCCC1)c1ccccc1. The van der Waals surface area contributed by atoms with E-state index in [0.29, 0.717) is 6.04 Å². The standard InChI is InChI=1S/C29H29NS/c1-5-13-23(14-6-1)27-21-29(25-17-9-3-10-18-25,30-26-19-11-4-12-20-26)22-28(31-27)24-15-7-2-8-16-24/h1-3,5-10,13-18,21-22,26,30H,4,11-12,19-20H2. The molecule has 0 bridgehead atoms. The number of rotatable bonds is 5. The molecule has 1 aliphatic heterocycles. The second-order valence-corrected chi connectivity index (χ2v) is 9.65. The zero-order valence-electron chi connectivity index (χ0n) is 17.8. The minimum atomic E-state index is -0.315. The second kappa shape index (κ2) is 9.30. The first-order valence-corrected chi connectivity index (χ1v) is 12.2. The van der Waals surface area contributed by atoms with E-state index in [2.05, 4.69) is 108 Å². The van der Waals surface area contributed by atoms with E-state index in [0.717, 1.165) is 0 Å². The van der Waals surface area contributed by atoms with Gasteiger partial charge in [0.2, 0.25) is 0 Å². The molecule has 2 aliphatic rings. The average molecular weight is 424 g/mol. The van der Waals surface area contributed by atoms with E-state index in [9.17, 15) is 0 Å². The molecule has 0 unspecified atom stereocenters. The molecule has 156 valence electrons. The molecule has 31 heavy (non-hydrogen) atoms. The van der Waals surface area contributed by atoms with Gasteiger partial charge in [0.05, 0.1) is 5.54 Å². The molecule has 0 spiro atoms. The van der Waals surface area contributed by atoms with Crippen molar-refractivity contribution in [3.63, 3.8) is 0 Å². The van der Waals surface area contributed by atoms with Gasteiger partial charge in [-0.3, -0.25) is 5.32 Å². The summed E-state index contributed by atoms with van der Waals surface area (Å²) in [5, 5.41) is 4.12. The van der Waals surface area contributed by atoms with Crippen molar-refractivity contribution in [2.75, 3.05) is 0 Å². The van der Waals surface area contributed by atoms with Crippen LogP contribution in [0.15, 0.2) is 103 Å². The fourth-order valence-corrected chi connectivity index (χ4v) is 5.99. The summed E-state index contributed by atoms with van der Waals surface area (Å²) < 4.78 is 0. The van der Waals surface area contributed by atoms with Crippen molar-refractivity contribution >= 4 is 21.6 Å². The summed E-state index contributed by atoms with van der Waals surface area (Å²) in [6.07, 6.45) is 11.4. The van der Waals surface area contributed by atoms with Crippen molar-refractivity contribution in [1.82, 2.24) is 5.32 Å². The highest BCUT2D eigenvalue weighted by Crippen LogP contribution is 2.48. The maximum atomic E-state index is 4.12. The monoisotopic (exact) mass is 423 g/mol. The van der Waals surface area contributed by atoms with E-state index >= 15 is 0 Å². The Morgan fingerprint density at radius 2 is 1.10 bits per heavy atom. The lowest BCUT2D eigenvalue weighted by Crippen LogP contribution is -2.47. The number of nitrogens with one attached hydrogen (secondary N) is 1. The highest BCUT2D eigenvalue weighted by molar-refractivity contribution is 8.16. The van der Waals surface area contributed by atoms with Crippen molar-refractivity contribution in [3.05, 3.63) is 120 Å². The average Bonchev–Trinajstić information content (AvgIpc) is 2.86. The third kappa shape index (κ3) is 4.56. The molecule has 1 aliphatic carbocycles. The van der Waals surface area contributed by atoms with Gasteiger partial charge in [0, 0.05) is 15.9 Å². The normalized spacial score (nSPS) is 18.8. The van der Waals surface area contributed by atoms with Gasteiger partial charge < -0.3 is 0 Å². The zero-order chi connectivity index (χ0) is 20.9. The van der Waals surface area contributed by atoms with Crippen molar-refractivity contribution in [3.8, 4) is 0 Å². The molecule has 1 fully saturated rings. The Morgan fingerprint density at radius 3 is 1.61 bits per heavy atom. The van der Waals surface area contributed by atoms with Crippen molar-refractivity contribution in [1.29, 1.82) is 0 Å². The second-order valence-electron chi connectivity index (χ2n) is 8.57. The molecule has 1 nitrogen and oxygen atoms in total. The van der Waals surface area contributed by atoms with Gasteiger partial charge in [-0.2, -0.15) is 0 Å². The third-order valence-corrected chi connectivity index (χ3v) is 7.50. The van der Waals surface area contributed by atoms with Crippen LogP contribution in [0.3, 0.4) is 0 Å². The number of hydrogen-bond donors (Lipinski definition) is 1. The van der Waals surface area contributed by atoms with Gasteiger partial charge in [0.25, 0.3) is 0 Å². The topological polar surface area (TPSA) is 12.0 Å². The first-order valence-electron chi connectivity index (χ1n) is 11.4. The van der Waals surface area contributed by atoms with Gasteiger partial charge >= 0.3 is 0 Å². The molecule has 0 aromatic heterocycles. The molecular weight excluding hydrogens is 394 g/mol. The summed E-state index contributed by atoms with van der Waals surface area (Å²) in [5.41, 5.74) is 3.55. The molecule has 0 radical (unpaired) electrons. The fourth-order valence-electron chi connectivity index (χ4n) is 4.75. The van der Waals surface area contributed by atoms with Crippen LogP contribution in [0.5, 0.6) is 0 Å². The van der Waals surface area contributed by atoms with E-state index in [1.54, 1.807) is 0 Å². The lowest BCUT2D eigenvalue weighted by atomic mass is 9.84. The smallest absolute Gasteiger partial charge is 0.0837 e. The highest BCUT2D eigenvalue weighted by Gasteiger charge is 2.35. The Hall–Kier alpha value is -2.55. The third-order valence-electron chi connectivity index (χ3n) is 6.35. The van der Waals surface area contributed by atoms with Crippen molar-refractivity contribution in [2.45, 2.75) is 43.7 Å². The van der Waals surface area contributed by atoms with Gasteiger partial charge in [-0.05, 0) is 41.7 Å². The van der Waals surface area contributed by atoms with Crippen LogP contribution in [0, 0.1) is 0 Å². The maximum Gasteiger partial charge on any atom is 0.0837 e. The molecular formula is C29H29NS. The Labute approximate surface area is 190 Å². The number of thioether (sulfide) groups is 1. The van der Waals surface area contributed by atoms with Gasteiger partial charge in [-0.15, -0.1) is 0 Å². The molecule has 1 heterocycles. The van der Waals surface area contributed by atoms with Crippen LogP contribution in [0.1, 0.15) is 48.8 Å². The van der Waals surface area contributed by atoms with Crippen molar-refractivity contribution in [2.24, 2.45) is 0 Å². The molecule has 0 amide bonds. The molecule has 2 heteroatoms. The van der Waals surface area contributed by atoms with Gasteiger partial charge in [0.1, 0.15) is 0 Å². The fraction of sp³-hybridized carbons (Fsp3) is 0.241. The maximum absolute atomic E-state index is 4.12. The first-order chi connectivity index (χ1) is 15.3. The number of hydrogen-bond acceptors (Lipinski definition) is 2. The van der Waals surface area contributed by atoms with Crippen LogP contribution >= 0.6 is 11.8 Å². The summed E-state index contributed by atoms with van der Waals surface area (Å²) >= 11 is 1.88. The van der Waals surface area contributed by atoms with Gasteiger partial charge in [-0.25, -0.2) is 0 Å². The minimum absolute atomic E-state index is 0.315. The minimum Gasteiger partial charge on any atom is -0.298 e. The van der Waals surface area contributed by atoms with E-state index in [-0.39, 0.29) is 5.54 Å². The molecule has 5 rings (SSSR count). The molecule has 0 atom stereocenters. The summed E-state index contributed by atoms with van der Waals surface area (Å²) in [6, 6.07) is 33.1. The van der Waals surface area contributed by atoms with Crippen LogP contribution < -0.4 is 5.32 Å². The summed E-state index contributed by atoms with van der Waals surface area (Å²) in [5.74, 6) is 0. The Balaban J connectivity index is 1.66. The molecule has 0 saturated heterocycles. The first kappa shape index (κ1) is 20.4. The van der Waals surface area contributed by atoms with Crippen LogP contribution in [-0.4, -0.2) is 6.04 Å². The Bertz CT molecular complexity index is 992. The lowest BCUT2D eigenvalue weighted by Gasteiger charge is -2.39. The van der Waals surface area contributed by atoms with E-state index < -0.39 is 0 Å². The number of benzene rings is 3. The van der Waals surface area contributed by atoms with E-state index in [1.165, 1.54) is 58.6 Å². The zero-order valence-corrected chi connectivity index (χ0v) is 18.7. The quantitative estimate of drug-likeness (QED) is 0.453. The molecule has 1 saturated carbocycles.